The van der Waals surface area contributed by atoms with Gasteiger partial charge in [0.2, 0.25) is 0 Å². The molecule has 0 N–H and O–H groups in total. The quantitative estimate of drug-likeness (QED) is 0.175. The van der Waals surface area contributed by atoms with Crippen molar-refractivity contribution in [3.8, 4) is 33.6 Å². The molecule has 9 aromatic carbocycles. The molecule has 2 aliphatic carbocycles. The fourth-order valence-electron chi connectivity index (χ4n) is 11.5. The van der Waals surface area contributed by atoms with Gasteiger partial charge in [0.05, 0.1) is 32.8 Å². The van der Waals surface area contributed by atoms with E-state index in [1.165, 1.54) is 77.6 Å². The van der Waals surface area contributed by atoms with E-state index >= 15 is 0 Å². The van der Waals surface area contributed by atoms with Crippen LogP contribution in [0.4, 0.5) is 0 Å². The van der Waals surface area contributed by atoms with Gasteiger partial charge < -0.3 is 13.6 Å². The zero-order chi connectivity index (χ0) is 40.1. The fourth-order valence-corrected chi connectivity index (χ4v) is 11.5. The first-order chi connectivity index (χ1) is 30.0. The lowest BCUT2D eigenvalue weighted by molar-refractivity contribution is 0.660. The van der Waals surface area contributed by atoms with Crippen LogP contribution in [0.15, 0.2) is 192 Å². The van der Waals surface area contributed by atoms with Crippen LogP contribution in [-0.4, -0.2) is 9.13 Å². The molecule has 61 heavy (non-hydrogen) atoms. The van der Waals surface area contributed by atoms with Crippen LogP contribution in [0.2, 0.25) is 0 Å². The number of fused-ring (bicyclic) bond motifs is 17. The van der Waals surface area contributed by atoms with Gasteiger partial charge in [0, 0.05) is 44.3 Å². The highest BCUT2D eigenvalue weighted by Crippen LogP contribution is 2.52. The molecule has 0 amide bonds. The summed E-state index contributed by atoms with van der Waals surface area (Å²) in [4.78, 5) is 0. The van der Waals surface area contributed by atoms with Gasteiger partial charge >= 0.3 is 0 Å². The van der Waals surface area contributed by atoms with Gasteiger partial charge in [-0.05, 0) is 111 Å². The van der Waals surface area contributed by atoms with E-state index in [0.717, 1.165) is 49.4 Å². The third-order valence-electron chi connectivity index (χ3n) is 14.2. The van der Waals surface area contributed by atoms with Gasteiger partial charge in [0.1, 0.15) is 11.2 Å². The lowest BCUT2D eigenvalue weighted by Gasteiger charge is -2.22. The summed E-state index contributed by atoms with van der Waals surface area (Å²) >= 11 is 0. The molecule has 0 aliphatic heterocycles. The maximum atomic E-state index is 7.30. The molecule has 0 bridgehead atoms. The van der Waals surface area contributed by atoms with Crippen molar-refractivity contribution in [1.82, 2.24) is 9.13 Å². The van der Waals surface area contributed by atoms with Crippen molar-refractivity contribution in [1.29, 1.82) is 0 Å². The van der Waals surface area contributed by atoms with Crippen molar-refractivity contribution in [2.45, 2.75) is 25.2 Å². The first-order valence-electron chi connectivity index (χ1n) is 21.4. The van der Waals surface area contributed by atoms with Crippen LogP contribution in [0.1, 0.15) is 47.6 Å². The largest absolute Gasteiger partial charge is 0.455 e. The second kappa shape index (κ2) is 11.8. The average Bonchev–Trinajstić information content (AvgIpc) is 4.08. The molecule has 286 valence electrons. The molecule has 12 aromatic rings. The van der Waals surface area contributed by atoms with E-state index in [4.69, 9.17) is 4.42 Å². The Labute approximate surface area is 352 Å². The highest BCUT2D eigenvalue weighted by Gasteiger charge is 2.36. The molecule has 0 fully saturated rings. The standard InChI is InChI=1S/C58H38N2O/c1-58(2)47-21-11-8-17-38(47)39-26-24-36(33-48(39)58)60-50-23-13-10-20-45(50)55-52(60)31-29-43-42-28-30-51-54(56(42)61-57(43)55)44-19-9-12-22-49(44)59(51)35-25-27-41-46(32-35)37-16-6-7-18-40(37)53(41)34-14-4-3-5-15-34/h3-33,53H,1-2H3. The molecule has 0 saturated heterocycles. The normalized spacial score (nSPS) is 15.0. The highest BCUT2D eigenvalue weighted by atomic mass is 16.3. The SMILES string of the molecule is CC1(C)c2ccccc2-c2ccc(-n3c4ccccc4c4c5oc6c(ccc7c6c6ccccc6n7-c6ccc7c(c6)-c6ccccc6C7c6ccccc6)c5ccc43)cc21. The Hall–Kier alpha value is -7.62. The number of hydrogen-bond acceptors (Lipinski definition) is 1. The van der Waals surface area contributed by atoms with E-state index in [9.17, 15) is 0 Å². The van der Waals surface area contributed by atoms with Crippen molar-refractivity contribution in [3.05, 3.63) is 216 Å². The molecule has 1 atom stereocenters. The van der Waals surface area contributed by atoms with E-state index in [1.54, 1.807) is 0 Å². The van der Waals surface area contributed by atoms with Crippen LogP contribution in [0.25, 0.3) is 99.2 Å². The van der Waals surface area contributed by atoms with Crippen LogP contribution in [-0.2, 0) is 5.41 Å². The van der Waals surface area contributed by atoms with Gasteiger partial charge in [-0.3, -0.25) is 0 Å². The Morgan fingerprint density at radius 2 is 0.934 bits per heavy atom. The number of hydrogen-bond donors (Lipinski definition) is 0. The van der Waals surface area contributed by atoms with Crippen LogP contribution < -0.4 is 0 Å². The van der Waals surface area contributed by atoms with Gasteiger partial charge in [-0.2, -0.15) is 0 Å². The molecule has 14 rings (SSSR count). The maximum Gasteiger partial charge on any atom is 0.145 e. The number of benzene rings is 9. The third kappa shape index (κ3) is 4.27. The van der Waals surface area contributed by atoms with Gasteiger partial charge in [-0.1, -0.05) is 141 Å². The molecular formula is C58H38N2O. The van der Waals surface area contributed by atoms with E-state index in [-0.39, 0.29) is 11.3 Å². The molecule has 3 heterocycles. The summed E-state index contributed by atoms with van der Waals surface area (Å²) in [6, 6.07) is 69.6. The number of para-hydroxylation sites is 2. The van der Waals surface area contributed by atoms with Crippen molar-refractivity contribution in [2.75, 3.05) is 0 Å². The fraction of sp³-hybridized carbons (Fsp3) is 0.0690. The smallest absolute Gasteiger partial charge is 0.145 e. The van der Waals surface area contributed by atoms with Crippen molar-refractivity contribution in [3.63, 3.8) is 0 Å². The van der Waals surface area contributed by atoms with Gasteiger partial charge in [0.15, 0.2) is 0 Å². The third-order valence-corrected chi connectivity index (χ3v) is 14.2. The molecule has 3 heteroatoms. The predicted octanol–water partition coefficient (Wildman–Crippen LogP) is 15.2. The summed E-state index contributed by atoms with van der Waals surface area (Å²) in [5.41, 5.74) is 20.8. The van der Waals surface area contributed by atoms with E-state index in [2.05, 4.69) is 211 Å². The summed E-state index contributed by atoms with van der Waals surface area (Å²) in [6.07, 6.45) is 0. The highest BCUT2D eigenvalue weighted by molar-refractivity contribution is 6.29. The number of nitrogens with zero attached hydrogens (tertiary/aromatic N) is 2. The van der Waals surface area contributed by atoms with E-state index < -0.39 is 0 Å². The number of rotatable bonds is 3. The lowest BCUT2D eigenvalue weighted by Crippen LogP contribution is -2.15. The molecule has 0 saturated carbocycles. The van der Waals surface area contributed by atoms with Gasteiger partial charge in [0.25, 0.3) is 0 Å². The molecule has 2 aliphatic rings. The minimum absolute atomic E-state index is 0.0911. The lowest BCUT2D eigenvalue weighted by atomic mass is 9.82. The Kier molecular flexibility index (Phi) is 6.41. The van der Waals surface area contributed by atoms with Crippen LogP contribution >= 0.6 is 0 Å². The molecule has 3 nitrogen and oxygen atoms in total. The Morgan fingerprint density at radius 3 is 1.64 bits per heavy atom. The summed E-state index contributed by atoms with van der Waals surface area (Å²) < 4.78 is 12.2. The first-order valence-corrected chi connectivity index (χ1v) is 21.4. The Morgan fingerprint density at radius 1 is 0.393 bits per heavy atom. The zero-order valence-corrected chi connectivity index (χ0v) is 33.8. The number of aromatic nitrogens is 2. The monoisotopic (exact) mass is 778 g/mol. The molecule has 3 aromatic heterocycles. The molecular weight excluding hydrogens is 741 g/mol. The summed E-state index contributed by atoms with van der Waals surface area (Å²) in [6.45, 7) is 4.71. The van der Waals surface area contributed by atoms with E-state index in [0.29, 0.717) is 0 Å². The first kappa shape index (κ1) is 33.2. The zero-order valence-electron chi connectivity index (χ0n) is 33.8. The van der Waals surface area contributed by atoms with Crippen LogP contribution in [0.3, 0.4) is 0 Å². The van der Waals surface area contributed by atoms with E-state index in [1.807, 2.05) is 0 Å². The molecule has 0 spiro atoms. The second-order valence-electron chi connectivity index (χ2n) is 17.6. The van der Waals surface area contributed by atoms with Crippen molar-refractivity contribution >= 4 is 65.6 Å². The van der Waals surface area contributed by atoms with Crippen molar-refractivity contribution < 1.29 is 4.42 Å². The average molecular weight is 779 g/mol. The Balaban J connectivity index is 0.993. The summed E-state index contributed by atoms with van der Waals surface area (Å²) in [5, 5.41) is 6.94. The minimum Gasteiger partial charge on any atom is -0.455 e. The molecule has 0 radical (unpaired) electrons. The topological polar surface area (TPSA) is 23.0 Å². The van der Waals surface area contributed by atoms with Gasteiger partial charge in [-0.15, -0.1) is 0 Å². The predicted molar refractivity (Wildman–Crippen MR) is 253 cm³/mol. The van der Waals surface area contributed by atoms with Crippen LogP contribution in [0, 0.1) is 0 Å². The van der Waals surface area contributed by atoms with Gasteiger partial charge in [-0.25, -0.2) is 0 Å². The summed E-state index contributed by atoms with van der Waals surface area (Å²) in [5.74, 6) is 0.212. The minimum atomic E-state index is -0.0911. The second-order valence-corrected chi connectivity index (χ2v) is 17.6. The number of furan rings is 1. The van der Waals surface area contributed by atoms with Crippen LogP contribution in [0.5, 0.6) is 0 Å². The molecule has 1 unspecified atom stereocenters. The van der Waals surface area contributed by atoms with Crippen molar-refractivity contribution in [2.24, 2.45) is 0 Å². The maximum absolute atomic E-state index is 7.30. The Bertz CT molecular complexity index is 3860. The summed E-state index contributed by atoms with van der Waals surface area (Å²) in [7, 11) is 0.